The molecular formula is C16H10ClN3O. The van der Waals surface area contributed by atoms with E-state index >= 15 is 0 Å². The number of hydrogen-bond acceptors (Lipinski definition) is 4. The molecule has 4 aromatic rings. The van der Waals surface area contributed by atoms with E-state index < -0.39 is 0 Å². The third-order valence-corrected chi connectivity index (χ3v) is 3.70. The lowest BCUT2D eigenvalue weighted by molar-refractivity contribution is 0.620. The van der Waals surface area contributed by atoms with Crippen LogP contribution in [0.3, 0.4) is 0 Å². The van der Waals surface area contributed by atoms with Crippen molar-refractivity contribution >= 4 is 39.3 Å². The molecule has 2 aromatic carbocycles. The van der Waals surface area contributed by atoms with Crippen LogP contribution in [-0.2, 0) is 0 Å². The number of fused-ring (bicyclic) bond motifs is 2. The first-order valence-corrected chi connectivity index (χ1v) is 6.80. The minimum absolute atomic E-state index is 0.471. The predicted octanol–water partition coefficient (Wildman–Crippen LogP) is 4.28. The Balaban J connectivity index is 2.00. The quantitative estimate of drug-likeness (QED) is 0.532. The number of benzene rings is 2. The fraction of sp³-hybridized carbons (Fsp3) is 0. The first kappa shape index (κ1) is 12.2. The number of oxazole rings is 1. The van der Waals surface area contributed by atoms with Gasteiger partial charge in [0.05, 0.1) is 21.8 Å². The second-order valence-corrected chi connectivity index (χ2v) is 5.15. The van der Waals surface area contributed by atoms with Gasteiger partial charge in [-0.05, 0) is 18.2 Å². The van der Waals surface area contributed by atoms with Crippen molar-refractivity contribution in [1.82, 2.24) is 9.97 Å². The summed E-state index contributed by atoms with van der Waals surface area (Å²) in [5, 5.41) is 1.51. The van der Waals surface area contributed by atoms with Gasteiger partial charge in [-0.2, -0.15) is 0 Å². The van der Waals surface area contributed by atoms with Crippen molar-refractivity contribution in [3.05, 3.63) is 53.7 Å². The number of hydrogen-bond donors (Lipinski definition) is 1. The number of pyridine rings is 1. The summed E-state index contributed by atoms with van der Waals surface area (Å²) < 4.78 is 5.81. The van der Waals surface area contributed by atoms with Gasteiger partial charge in [0, 0.05) is 17.6 Å². The smallest absolute Gasteiger partial charge is 0.229 e. The number of aromatic nitrogens is 2. The first-order valence-electron chi connectivity index (χ1n) is 6.42. The summed E-state index contributed by atoms with van der Waals surface area (Å²) in [4.78, 5) is 8.90. The number of para-hydroxylation sites is 1. The number of anilines is 1. The number of nitrogens with two attached hydrogens (primary N) is 1. The fourth-order valence-corrected chi connectivity index (χ4v) is 2.51. The molecule has 102 valence electrons. The van der Waals surface area contributed by atoms with E-state index in [4.69, 9.17) is 21.8 Å². The molecule has 0 spiro atoms. The zero-order valence-electron chi connectivity index (χ0n) is 10.9. The molecule has 2 aromatic heterocycles. The Morgan fingerprint density at radius 1 is 1.10 bits per heavy atom. The highest BCUT2D eigenvalue weighted by Gasteiger charge is 2.13. The van der Waals surface area contributed by atoms with Gasteiger partial charge in [-0.25, -0.2) is 4.98 Å². The van der Waals surface area contributed by atoms with E-state index in [-0.39, 0.29) is 0 Å². The third-order valence-electron chi connectivity index (χ3n) is 3.37. The fourth-order valence-electron chi connectivity index (χ4n) is 2.36. The van der Waals surface area contributed by atoms with Crippen molar-refractivity contribution in [3.8, 4) is 11.5 Å². The van der Waals surface area contributed by atoms with Crippen LogP contribution in [0, 0.1) is 0 Å². The van der Waals surface area contributed by atoms with Crippen LogP contribution in [0.25, 0.3) is 33.5 Å². The predicted molar refractivity (Wildman–Crippen MR) is 84.2 cm³/mol. The number of nitrogen functional groups attached to an aromatic ring is 1. The first-order chi connectivity index (χ1) is 10.2. The Bertz CT molecular complexity index is 934. The lowest BCUT2D eigenvalue weighted by Gasteiger charge is -2.00. The van der Waals surface area contributed by atoms with E-state index in [1.807, 2.05) is 30.3 Å². The molecule has 0 aliphatic rings. The molecule has 5 heteroatoms. The Hall–Kier alpha value is -2.59. The monoisotopic (exact) mass is 295 g/mol. The van der Waals surface area contributed by atoms with Gasteiger partial charge in [0.15, 0.2) is 5.58 Å². The Kier molecular flexibility index (Phi) is 2.59. The van der Waals surface area contributed by atoms with E-state index in [9.17, 15) is 0 Å². The lowest BCUT2D eigenvalue weighted by atomic mass is 10.1. The average Bonchev–Trinajstić information content (AvgIpc) is 2.90. The van der Waals surface area contributed by atoms with Gasteiger partial charge in [-0.1, -0.05) is 29.8 Å². The van der Waals surface area contributed by atoms with Crippen LogP contribution in [-0.4, -0.2) is 9.97 Å². The van der Waals surface area contributed by atoms with E-state index in [2.05, 4.69) is 9.97 Å². The summed E-state index contributed by atoms with van der Waals surface area (Å²) in [5.41, 5.74) is 9.25. The summed E-state index contributed by atoms with van der Waals surface area (Å²) in [5.74, 6) is 0.510. The van der Waals surface area contributed by atoms with Gasteiger partial charge >= 0.3 is 0 Å². The van der Waals surface area contributed by atoms with Crippen molar-refractivity contribution in [1.29, 1.82) is 0 Å². The van der Waals surface area contributed by atoms with Crippen molar-refractivity contribution in [3.63, 3.8) is 0 Å². The Morgan fingerprint density at radius 3 is 2.86 bits per heavy atom. The highest BCUT2D eigenvalue weighted by molar-refractivity contribution is 6.33. The van der Waals surface area contributed by atoms with Crippen molar-refractivity contribution in [2.45, 2.75) is 0 Å². The summed E-state index contributed by atoms with van der Waals surface area (Å²) in [6.45, 7) is 0. The van der Waals surface area contributed by atoms with Crippen LogP contribution < -0.4 is 5.73 Å². The molecule has 0 radical (unpaired) electrons. The molecule has 4 nitrogen and oxygen atoms in total. The number of rotatable bonds is 1. The van der Waals surface area contributed by atoms with Gasteiger partial charge < -0.3 is 10.2 Å². The van der Waals surface area contributed by atoms with E-state index in [0.29, 0.717) is 27.7 Å². The van der Waals surface area contributed by atoms with Crippen LogP contribution >= 0.6 is 11.6 Å². The van der Waals surface area contributed by atoms with E-state index in [0.717, 1.165) is 16.5 Å². The van der Waals surface area contributed by atoms with Crippen LogP contribution in [0.5, 0.6) is 0 Å². The molecule has 0 saturated heterocycles. The van der Waals surface area contributed by atoms with Gasteiger partial charge in [0.2, 0.25) is 5.89 Å². The molecule has 0 unspecified atom stereocenters. The molecule has 0 amide bonds. The van der Waals surface area contributed by atoms with Crippen LogP contribution in [0.1, 0.15) is 0 Å². The second-order valence-electron chi connectivity index (χ2n) is 4.74. The Morgan fingerprint density at radius 2 is 1.95 bits per heavy atom. The largest absolute Gasteiger partial charge is 0.436 e. The van der Waals surface area contributed by atoms with Gasteiger partial charge in [-0.15, -0.1) is 0 Å². The minimum atomic E-state index is 0.471. The molecule has 0 aliphatic carbocycles. The summed E-state index contributed by atoms with van der Waals surface area (Å²) in [7, 11) is 0. The van der Waals surface area contributed by atoms with Crippen molar-refractivity contribution in [2.75, 3.05) is 5.73 Å². The highest BCUT2D eigenvalue weighted by atomic mass is 35.5. The third kappa shape index (κ3) is 1.92. The normalized spacial score (nSPS) is 11.3. The summed E-state index contributed by atoms with van der Waals surface area (Å²) in [6, 6.07) is 13.2. The van der Waals surface area contributed by atoms with Crippen LogP contribution in [0.15, 0.2) is 53.1 Å². The molecular weight excluding hydrogens is 286 g/mol. The van der Waals surface area contributed by atoms with E-state index in [1.54, 1.807) is 18.3 Å². The maximum atomic E-state index is 6.02. The Labute approximate surface area is 125 Å². The van der Waals surface area contributed by atoms with Crippen molar-refractivity contribution in [2.24, 2.45) is 0 Å². The molecule has 2 heterocycles. The maximum Gasteiger partial charge on any atom is 0.229 e. The average molecular weight is 296 g/mol. The molecule has 0 bridgehead atoms. The van der Waals surface area contributed by atoms with Gasteiger partial charge in [0.1, 0.15) is 5.52 Å². The second kappa shape index (κ2) is 4.46. The molecule has 0 aliphatic heterocycles. The zero-order chi connectivity index (χ0) is 14.4. The summed E-state index contributed by atoms with van der Waals surface area (Å²) in [6.07, 6.45) is 1.75. The standard InChI is InChI=1S/C16H10ClN3O/c17-11-7-13-14(8-12(11)18)21-16(20-13)10-5-1-3-9-4-2-6-19-15(9)10/h1-8H,18H2. The SMILES string of the molecule is Nc1cc2oc(-c3cccc4cccnc34)nc2cc1Cl. The summed E-state index contributed by atoms with van der Waals surface area (Å²) >= 11 is 6.02. The number of nitrogens with zero attached hydrogens (tertiary/aromatic N) is 2. The molecule has 4 rings (SSSR count). The molecule has 2 N–H and O–H groups in total. The molecule has 0 atom stereocenters. The lowest BCUT2D eigenvalue weighted by Crippen LogP contribution is -1.85. The van der Waals surface area contributed by atoms with Gasteiger partial charge in [0.25, 0.3) is 0 Å². The van der Waals surface area contributed by atoms with Gasteiger partial charge in [-0.3, -0.25) is 4.98 Å². The van der Waals surface area contributed by atoms with Crippen LogP contribution in [0.2, 0.25) is 5.02 Å². The topological polar surface area (TPSA) is 64.9 Å². The van der Waals surface area contributed by atoms with Crippen LogP contribution in [0.4, 0.5) is 5.69 Å². The zero-order valence-corrected chi connectivity index (χ0v) is 11.6. The molecule has 0 saturated carbocycles. The minimum Gasteiger partial charge on any atom is -0.436 e. The molecule has 0 fully saturated rings. The number of halogens is 1. The maximum absolute atomic E-state index is 6.02. The van der Waals surface area contributed by atoms with Crippen molar-refractivity contribution < 1.29 is 4.42 Å². The highest BCUT2D eigenvalue weighted by Crippen LogP contribution is 2.32. The molecule has 21 heavy (non-hydrogen) atoms. The van der Waals surface area contributed by atoms with E-state index in [1.165, 1.54) is 0 Å².